The molecule has 2 heterocycles. The highest BCUT2D eigenvalue weighted by Crippen LogP contribution is 2.52. The number of rotatable bonds is 5. The van der Waals surface area contributed by atoms with Gasteiger partial charge in [-0.2, -0.15) is 0 Å². The van der Waals surface area contributed by atoms with Gasteiger partial charge in [-0.1, -0.05) is 0 Å². The van der Waals surface area contributed by atoms with Gasteiger partial charge in [0.1, 0.15) is 0 Å². The van der Waals surface area contributed by atoms with E-state index in [0.717, 1.165) is 30.4 Å². The lowest BCUT2D eigenvalue weighted by Gasteiger charge is -2.42. The third kappa shape index (κ3) is 2.76. The van der Waals surface area contributed by atoms with Gasteiger partial charge < -0.3 is 20.1 Å². The lowest BCUT2D eigenvalue weighted by molar-refractivity contribution is -0.138. The molecule has 2 fully saturated rings. The number of hydrogen-bond donors (Lipinski definition) is 2. The number of aromatic nitrogens is 2. The Morgan fingerprint density at radius 3 is 3.00 bits per heavy atom. The monoisotopic (exact) mass is 355 g/mol. The number of fused-ring (bicyclic) bond motifs is 2. The molecule has 0 radical (unpaired) electrons. The first-order valence-corrected chi connectivity index (χ1v) is 9.15. The maximum Gasteiger partial charge on any atom is 0.253 e. The summed E-state index contributed by atoms with van der Waals surface area (Å²) >= 11 is 0. The summed E-state index contributed by atoms with van der Waals surface area (Å²) < 4.78 is 0. The van der Waals surface area contributed by atoms with Crippen molar-refractivity contribution in [2.75, 3.05) is 40.3 Å². The van der Waals surface area contributed by atoms with Gasteiger partial charge in [0.25, 0.3) is 5.91 Å². The first kappa shape index (κ1) is 17.0. The molecule has 0 spiro atoms. The van der Waals surface area contributed by atoms with Crippen LogP contribution in [-0.2, 0) is 4.79 Å². The van der Waals surface area contributed by atoms with E-state index in [-0.39, 0.29) is 23.1 Å². The molecule has 0 bridgehead atoms. The number of carbonyl (C=O) groups excluding carboxylic acids is 2. The maximum absolute atomic E-state index is 13.0. The zero-order chi connectivity index (χ0) is 18.3. The van der Waals surface area contributed by atoms with Crippen LogP contribution in [0.25, 0.3) is 11.0 Å². The van der Waals surface area contributed by atoms with E-state index in [1.165, 1.54) is 0 Å². The lowest BCUT2D eigenvalue weighted by Crippen LogP contribution is -2.53. The van der Waals surface area contributed by atoms with Crippen molar-refractivity contribution in [3.05, 3.63) is 30.1 Å². The highest BCUT2D eigenvalue weighted by Gasteiger charge is 2.58. The Morgan fingerprint density at radius 2 is 2.27 bits per heavy atom. The minimum Gasteiger partial charge on any atom is -0.354 e. The zero-order valence-corrected chi connectivity index (χ0v) is 15.3. The van der Waals surface area contributed by atoms with Crippen LogP contribution < -0.4 is 5.32 Å². The van der Waals surface area contributed by atoms with Crippen LogP contribution >= 0.6 is 0 Å². The molecular formula is C19H25N5O2. The Kier molecular flexibility index (Phi) is 4.19. The molecule has 1 aromatic carbocycles. The molecule has 2 unspecified atom stereocenters. The molecule has 26 heavy (non-hydrogen) atoms. The number of imidazole rings is 1. The molecule has 2 amide bonds. The van der Waals surface area contributed by atoms with E-state index in [4.69, 9.17) is 0 Å². The standard InChI is InChI=1S/C19H25N5O2/c1-23(2)8-7-20-18(26)19-6-5-14(19)10-24(11-19)17(25)13-3-4-15-16(9-13)22-12-21-15/h3-4,9,12,14H,5-8,10-11H2,1-2H3,(H,20,26)(H,21,22). The normalized spacial score (nSPS) is 24.6. The number of H-pyrrole nitrogens is 1. The van der Waals surface area contributed by atoms with Gasteiger partial charge in [0, 0.05) is 31.7 Å². The molecule has 1 saturated carbocycles. The van der Waals surface area contributed by atoms with E-state index < -0.39 is 0 Å². The van der Waals surface area contributed by atoms with Crippen molar-refractivity contribution in [3.8, 4) is 0 Å². The van der Waals surface area contributed by atoms with Gasteiger partial charge >= 0.3 is 0 Å². The predicted octanol–water partition coefficient (Wildman–Crippen LogP) is 1.09. The summed E-state index contributed by atoms with van der Waals surface area (Å²) in [5.41, 5.74) is 1.96. The van der Waals surface area contributed by atoms with Crippen molar-refractivity contribution in [3.63, 3.8) is 0 Å². The summed E-state index contributed by atoms with van der Waals surface area (Å²) in [7, 11) is 3.98. The number of hydrogen-bond acceptors (Lipinski definition) is 4. The number of likely N-dealkylation sites (tertiary alicyclic amines) is 1. The Bertz CT molecular complexity index is 845. The highest BCUT2D eigenvalue weighted by molar-refractivity contribution is 5.98. The third-order valence-electron chi connectivity index (χ3n) is 5.89. The van der Waals surface area contributed by atoms with Crippen LogP contribution in [0.5, 0.6) is 0 Å². The molecular weight excluding hydrogens is 330 g/mol. The van der Waals surface area contributed by atoms with Crippen LogP contribution in [-0.4, -0.2) is 71.9 Å². The Morgan fingerprint density at radius 1 is 1.42 bits per heavy atom. The average molecular weight is 355 g/mol. The van der Waals surface area contributed by atoms with E-state index in [1.807, 2.05) is 42.1 Å². The SMILES string of the molecule is CN(C)CCNC(=O)C12CCC1CN(C(=O)c1ccc3nc[nH]c3c1)C2. The van der Waals surface area contributed by atoms with Crippen molar-refractivity contribution in [1.29, 1.82) is 0 Å². The molecule has 1 aliphatic heterocycles. The fourth-order valence-corrected chi connectivity index (χ4v) is 4.19. The second kappa shape index (κ2) is 6.39. The largest absolute Gasteiger partial charge is 0.354 e. The molecule has 2 N–H and O–H groups in total. The molecule has 1 aliphatic carbocycles. The van der Waals surface area contributed by atoms with Gasteiger partial charge in [-0.25, -0.2) is 4.98 Å². The average Bonchev–Trinajstić information content (AvgIpc) is 3.16. The summed E-state index contributed by atoms with van der Waals surface area (Å²) in [5.74, 6) is 0.382. The number of aromatic amines is 1. The molecule has 1 aromatic heterocycles. The van der Waals surface area contributed by atoms with Gasteiger partial charge in [-0.05, 0) is 51.1 Å². The third-order valence-corrected chi connectivity index (χ3v) is 5.89. The summed E-state index contributed by atoms with van der Waals surface area (Å²) in [5, 5.41) is 3.07. The first-order chi connectivity index (χ1) is 12.5. The van der Waals surface area contributed by atoms with E-state index in [1.54, 1.807) is 6.33 Å². The van der Waals surface area contributed by atoms with Gasteiger partial charge in [-0.15, -0.1) is 0 Å². The zero-order valence-electron chi connectivity index (χ0n) is 15.3. The van der Waals surface area contributed by atoms with Crippen molar-refractivity contribution in [2.24, 2.45) is 11.3 Å². The maximum atomic E-state index is 13.0. The van der Waals surface area contributed by atoms with E-state index in [0.29, 0.717) is 25.2 Å². The number of benzene rings is 1. The van der Waals surface area contributed by atoms with Crippen molar-refractivity contribution < 1.29 is 9.59 Å². The summed E-state index contributed by atoms with van der Waals surface area (Å²) in [6.45, 7) is 2.65. The van der Waals surface area contributed by atoms with Crippen LogP contribution in [0.2, 0.25) is 0 Å². The minimum absolute atomic E-state index is 0.00336. The van der Waals surface area contributed by atoms with Crippen LogP contribution in [0.15, 0.2) is 24.5 Å². The van der Waals surface area contributed by atoms with E-state index >= 15 is 0 Å². The van der Waals surface area contributed by atoms with Gasteiger partial charge in [-0.3, -0.25) is 9.59 Å². The Hall–Kier alpha value is -2.41. The van der Waals surface area contributed by atoms with Crippen molar-refractivity contribution in [1.82, 2.24) is 25.1 Å². The molecule has 2 aromatic rings. The van der Waals surface area contributed by atoms with Crippen LogP contribution in [0.4, 0.5) is 0 Å². The highest BCUT2D eigenvalue weighted by atomic mass is 16.2. The number of carbonyl (C=O) groups is 2. The number of nitrogens with zero attached hydrogens (tertiary/aromatic N) is 3. The number of nitrogens with one attached hydrogen (secondary N) is 2. The van der Waals surface area contributed by atoms with Crippen LogP contribution in [0, 0.1) is 11.3 Å². The van der Waals surface area contributed by atoms with Crippen molar-refractivity contribution in [2.45, 2.75) is 12.8 Å². The predicted molar refractivity (Wildman–Crippen MR) is 98.7 cm³/mol. The smallest absolute Gasteiger partial charge is 0.253 e. The molecule has 7 nitrogen and oxygen atoms in total. The van der Waals surface area contributed by atoms with Crippen LogP contribution in [0.3, 0.4) is 0 Å². The molecule has 1 saturated heterocycles. The van der Waals surface area contributed by atoms with Crippen molar-refractivity contribution >= 4 is 22.8 Å². The van der Waals surface area contributed by atoms with E-state index in [2.05, 4.69) is 15.3 Å². The number of likely N-dealkylation sites (N-methyl/N-ethyl adjacent to an activating group) is 1. The second-order valence-corrected chi connectivity index (χ2v) is 7.77. The summed E-state index contributed by atoms with van der Waals surface area (Å²) in [6.07, 6.45) is 3.52. The van der Waals surface area contributed by atoms with Gasteiger partial charge in [0.15, 0.2) is 0 Å². The van der Waals surface area contributed by atoms with E-state index in [9.17, 15) is 9.59 Å². The molecule has 2 atom stereocenters. The molecule has 7 heteroatoms. The Balaban J connectivity index is 1.46. The quantitative estimate of drug-likeness (QED) is 0.841. The van der Waals surface area contributed by atoms with Crippen LogP contribution in [0.1, 0.15) is 23.2 Å². The lowest BCUT2D eigenvalue weighted by atomic mass is 9.61. The molecule has 4 rings (SSSR count). The Labute approximate surface area is 152 Å². The number of amides is 2. The topological polar surface area (TPSA) is 81.3 Å². The first-order valence-electron chi connectivity index (χ1n) is 9.15. The molecule has 138 valence electrons. The second-order valence-electron chi connectivity index (χ2n) is 7.77. The molecule has 2 aliphatic rings. The fourth-order valence-electron chi connectivity index (χ4n) is 4.19. The minimum atomic E-state index is -0.389. The summed E-state index contributed by atoms with van der Waals surface area (Å²) in [4.78, 5) is 36.9. The summed E-state index contributed by atoms with van der Waals surface area (Å²) in [6, 6.07) is 5.51. The van der Waals surface area contributed by atoms with Gasteiger partial charge in [0.05, 0.1) is 22.8 Å². The van der Waals surface area contributed by atoms with Gasteiger partial charge in [0.2, 0.25) is 5.91 Å². The fraction of sp³-hybridized carbons (Fsp3) is 0.526.